The zero-order valence-corrected chi connectivity index (χ0v) is 10.7. The first-order valence-corrected chi connectivity index (χ1v) is 5.72. The van der Waals surface area contributed by atoms with Crippen LogP contribution in [0.15, 0.2) is 36.5 Å². The first-order chi connectivity index (χ1) is 9.52. The maximum atomic E-state index is 13.2. The maximum absolute atomic E-state index is 13.2. The van der Waals surface area contributed by atoms with Crippen molar-refractivity contribution in [3.63, 3.8) is 0 Å². The number of anilines is 2. The predicted octanol–water partition coefficient (Wildman–Crippen LogP) is 1.95. The number of nitrogens with zero attached hydrogens (tertiary/aromatic N) is 3. The Balaban J connectivity index is 2.37. The number of carbonyl (C=O) groups is 1. The average molecular weight is 270 g/mol. The van der Waals surface area contributed by atoms with Gasteiger partial charge >= 0.3 is 0 Å². The van der Waals surface area contributed by atoms with Gasteiger partial charge in [-0.3, -0.25) is 4.79 Å². The van der Waals surface area contributed by atoms with Crippen molar-refractivity contribution in [2.24, 2.45) is 0 Å². The van der Waals surface area contributed by atoms with E-state index in [0.29, 0.717) is 11.3 Å². The monoisotopic (exact) mass is 270 g/mol. The molecule has 1 aromatic heterocycles. The van der Waals surface area contributed by atoms with Crippen molar-refractivity contribution in [3.05, 3.63) is 53.5 Å². The van der Waals surface area contributed by atoms with Crippen molar-refractivity contribution in [1.29, 1.82) is 5.26 Å². The fraction of sp³-hybridized carbons (Fsp3) is 0.0714. The van der Waals surface area contributed by atoms with Crippen LogP contribution in [0, 0.1) is 17.1 Å². The molecular weight excluding hydrogens is 259 g/mol. The van der Waals surface area contributed by atoms with Gasteiger partial charge in [0.1, 0.15) is 11.6 Å². The maximum Gasteiger partial charge on any atom is 0.261 e. The highest BCUT2D eigenvalue weighted by Crippen LogP contribution is 2.19. The van der Waals surface area contributed by atoms with E-state index < -0.39 is 11.7 Å². The highest BCUT2D eigenvalue weighted by atomic mass is 19.1. The topological polar surface area (TPSA) is 83.0 Å². The Labute approximate surface area is 115 Å². The molecule has 1 amide bonds. The lowest BCUT2D eigenvalue weighted by Gasteiger charge is -2.18. The highest BCUT2D eigenvalue weighted by Gasteiger charge is 2.18. The van der Waals surface area contributed by atoms with E-state index >= 15 is 0 Å². The molecule has 0 saturated carbocycles. The second-order valence-electron chi connectivity index (χ2n) is 4.11. The molecule has 0 aliphatic rings. The van der Waals surface area contributed by atoms with Gasteiger partial charge in [-0.1, -0.05) is 6.07 Å². The molecule has 100 valence electrons. The Bertz CT molecular complexity index is 709. The van der Waals surface area contributed by atoms with Crippen LogP contribution in [-0.4, -0.2) is 17.9 Å². The second kappa shape index (κ2) is 5.36. The van der Waals surface area contributed by atoms with Crippen LogP contribution >= 0.6 is 0 Å². The Morgan fingerprint density at radius 1 is 1.45 bits per heavy atom. The van der Waals surface area contributed by atoms with E-state index in [4.69, 9.17) is 11.0 Å². The quantitative estimate of drug-likeness (QED) is 0.904. The summed E-state index contributed by atoms with van der Waals surface area (Å²) >= 11 is 0. The van der Waals surface area contributed by atoms with Crippen LogP contribution in [0.4, 0.5) is 15.9 Å². The van der Waals surface area contributed by atoms with Gasteiger partial charge in [0.15, 0.2) is 0 Å². The Kier molecular flexibility index (Phi) is 3.62. The van der Waals surface area contributed by atoms with Crippen molar-refractivity contribution >= 4 is 17.4 Å². The van der Waals surface area contributed by atoms with Crippen LogP contribution in [0.5, 0.6) is 0 Å². The third-order valence-electron chi connectivity index (χ3n) is 2.78. The van der Waals surface area contributed by atoms with Gasteiger partial charge in [0.05, 0.1) is 23.4 Å². The molecular formula is C14H11FN4O. The lowest BCUT2D eigenvalue weighted by atomic mass is 10.1. The summed E-state index contributed by atoms with van der Waals surface area (Å²) in [6.07, 6.45) is 0.947. The predicted molar refractivity (Wildman–Crippen MR) is 72.5 cm³/mol. The number of nitrogens with two attached hydrogens (primary N) is 1. The zero-order valence-electron chi connectivity index (χ0n) is 10.7. The minimum atomic E-state index is -0.637. The number of pyridine rings is 1. The molecule has 1 aromatic carbocycles. The first kappa shape index (κ1) is 13.5. The fourth-order valence-corrected chi connectivity index (χ4v) is 1.70. The Morgan fingerprint density at radius 3 is 2.90 bits per heavy atom. The van der Waals surface area contributed by atoms with Gasteiger partial charge in [-0.2, -0.15) is 5.26 Å². The molecule has 2 N–H and O–H groups in total. The second-order valence-corrected chi connectivity index (χ2v) is 4.11. The number of halogens is 1. The molecule has 0 saturated heterocycles. The third kappa shape index (κ3) is 2.57. The van der Waals surface area contributed by atoms with E-state index in [2.05, 4.69) is 4.98 Å². The molecule has 1 heterocycles. The number of aromatic nitrogens is 1. The highest BCUT2D eigenvalue weighted by molar-refractivity contribution is 6.08. The average Bonchev–Trinajstić information content (AvgIpc) is 2.48. The summed E-state index contributed by atoms with van der Waals surface area (Å²) in [5.74, 6) is -1.17. The molecule has 0 fully saturated rings. The fourth-order valence-electron chi connectivity index (χ4n) is 1.70. The third-order valence-corrected chi connectivity index (χ3v) is 2.78. The molecule has 0 aliphatic heterocycles. The summed E-state index contributed by atoms with van der Waals surface area (Å²) in [7, 11) is 1.52. The van der Waals surface area contributed by atoms with Crippen molar-refractivity contribution in [2.45, 2.75) is 0 Å². The van der Waals surface area contributed by atoms with Gasteiger partial charge in [-0.15, -0.1) is 0 Å². The van der Waals surface area contributed by atoms with Gasteiger partial charge in [0.2, 0.25) is 0 Å². The smallest absolute Gasteiger partial charge is 0.261 e. The number of amides is 1. The summed E-state index contributed by atoms with van der Waals surface area (Å²) in [6, 6.07) is 9.53. The number of nitrogen functional groups attached to an aromatic ring is 1. The largest absolute Gasteiger partial charge is 0.383 e. The SMILES string of the molecule is CN(C(=O)c1cc(F)cnc1N)c1cccc(C#N)c1. The molecule has 6 heteroatoms. The molecule has 0 atom stereocenters. The number of carbonyl (C=O) groups excluding carboxylic acids is 1. The standard InChI is InChI=1S/C14H11FN4O/c1-19(11-4-2-3-9(5-11)7-16)14(20)12-6-10(15)8-18-13(12)17/h2-6,8H,1H3,(H2,17,18). The van der Waals surface area contributed by atoms with E-state index in [0.717, 1.165) is 12.3 Å². The molecule has 0 bridgehead atoms. The lowest BCUT2D eigenvalue weighted by molar-refractivity contribution is 0.0993. The van der Waals surface area contributed by atoms with Crippen molar-refractivity contribution < 1.29 is 9.18 Å². The minimum Gasteiger partial charge on any atom is -0.383 e. The van der Waals surface area contributed by atoms with Crippen LogP contribution in [0.2, 0.25) is 0 Å². The van der Waals surface area contributed by atoms with Crippen molar-refractivity contribution in [2.75, 3.05) is 17.7 Å². The zero-order chi connectivity index (χ0) is 14.7. The van der Waals surface area contributed by atoms with E-state index in [-0.39, 0.29) is 11.4 Å². The number of benzene rings is 1. The van der Waals surface area contributed by atoms with Crippen LogP contribution in [0.3, 0.4) is 0 Å². The van der Waals surface area contributed by atoms with Gasteiger partial charge in [-0.25, -0.2) is 9.37 Å². The van der Waals surface area contributed by atoms with Crippen LogP contribution in [-0.2, 0) is 0 Å². The number of hydrogen-bond acceptors (Lipinski definition) is 4. The molecule has 0 radical (unpaired) electrons. The van der Waals surface area contributed by atoms with Gasteiger partial charge in [-0.05, 0) is 24.3 Å². The molecule has 0 spiro atoms. The number of nitriles is 1. The Morgan fingerprint density at radius 2 is 2.20 bits per heavy atom. The first-order valence-electron chi connectivity index (χ1n) is 5.72. The lowest BCUT2D eigenvalue weighted by Crippen LogP contribution is -2.27. The van der Waals surface area contributed by atoms with E-state index in [9.17, 15) is 9.18 Å². The van der Waals surface area contributed by atoms with E-state index in [1.54, 1.807) is 24.3 Å². The number of hydrogen-bond donors (Lipinski definition) is 1. The summed E-state index contributed by atoms with van der Waals surface area (Å²) in [4.78, 5) is 17.2. The van der Waals surface area contributed by atoms with Gasteiger partial charge in [0.25, 0.3) is 5.91 Å². The molecule has 0 aliphatic carbocycles. The summed E-state index contributed by atoms with van der Waals surface area (Å²) in [5.41, 5.74) is 6.50. The van der Waals surface area contributed by atoms with Crippen LogP contribution in [0.1, 0.15) is 15.9 Å². The van der Waals surface area contributed by atoms with Crippen molar-refractivity contribution in [1.82, 2.24) is 4.98 Å². The minimum absolute atomic E-state index is 0.0186. The molecule has 5 nitrogen and oxygen atoms in total. The summed E-state index contributed by atoms with van der Waals surface area (Å²) < 4.78 is 13.2. The van der Waals surface area contributed by atoms with E-state index in [1.807, 2.05) is 6.07 Å². The van der Waals surface area contributed by atoms with Gasteiger partial charge < -0.3 is 10.6 Å². The van der Waals surface area contributed by atoms with Gasteiger partial charge in [0, 0.05) is 12.7 Å². The molecule has 2 aromatic rings. The molecule has 2 rings (SSSR count). The molecule has 0 unspecified atom stereocenters. The van der Waals surface area contributed by atoms with E-state index in [1.165, 1.54) is 11.9 Å². The van der Waals surface area contributed by atoms with Crippen LogP contribution in [0.25, 0.3) is 0 Å². The normalized spacial score (nSPS) is 9.85. The summed E-state index contributed by atoms with van der Waals surface area (Å²) in [6.45, 7) is 0. The Hall–Kier alpha value is -2.94. The number of rotatable bonds is 2. The van der Waals surface area contributed by atoms with Crippen LogP contribution < -0.4 is 10.6 Å². The molecule has 20 heavy (non-hydrogen) atoms. The van der Waals surface area contributed by atoms with Crippen molar-refractivity contribution in [3.8, 4) is 6.07 Å². The summed E-state index contributed by atoms with van der Waals surface area (Å²) in [5, 5.41) is 8.85.